The zero-order valence-electron chi connectivity index (χ0n) is 13.3. The average molecular weight is 300 g/mol. The highest BCUT2D eigenvalue weighted by Crippen LogP contribution is 2.21. The van der Waals surface area contributed by atoms with Gasteiger partial charge in [-0.1, -0.05) is 11.6 Å². The van der Waals surface area contributed by atoms with Crippen molar-refractivity contribution in [1.82, 2.24) is 10.3 Å². The number of pyridine rings is 1. The normalized spacial score (nSPS) is 13.3. The molecule has 1 heterocycles. The molecule has 1 atom stereocenters. The number of aromatic nitrogens is 1. The summed E-state index contributed by atoms with van der Waals surface area (Å²) in [6.07, 6.45) is 1.71. The number of hydrogen-bond donors (Lipinski definition) is 1. The highest BCUT2D eigenvalue weighted by molar-refractivity contribution is 6.31. The largest absolute Gasteiger partial charge is 0.383 e. The number of anilines is 1. The highest BCUT2D eigenvalue weighted by Gasteiger charge is 2.14. The molecule has 0 fully saturated rings. The van der Waals surface area contributed by atoms with Crippen molar-refractivity contribution >= 4 is 17.4 Å². The van der Waals surface area contributed by atoms with Crippen LogP contribution in [0, 0.1) is 0 Å². The molecule has 20 heavy (non-hydrogen) atoms. The first kappa shape index (κ1) is 17.2. The van der Waals surface area contributed by atoms with Gasteiger partial charge in [-0.2, -0.15) is 0 Å². The molecule has 0 aliphatic heterocycles. The maximum atomic E-state index is 6.22. The molecule has 1 rings (SSSR count). The minimum absolute atomic E-state index is 0.0575. The summed E-state index contributed by atoms with van der Waals surface area (Å²) in [5.74, 6) is 0.907. The number of nitrogens with zero attached hydrogens (tertiary/aromatic N) is 2. The molecule has 1 unspecified atom stereocenters. The van der Waals surface area contributed by atoms with Crippen LogP contribution in [0.25, 0.3) is 0 Å². The molecule has 1 aromatic rings. The number of halogens is 1. The van der Waals surface area contributed by atoms with E-state index in [1.165, 1.54) is 0 Å². The van der Waals surface area contributed by atoms with Crippen LogP contribution in [-0.4, -0.2) is 37.3 Å². The predicted octanol–water partition coefficient (Wildman–Crippen LogP) is 3.09. The fourth-order valence-corrected chi connectivity index (χ4v) is 1.91. The Hall–Kier alpha value is -0.840. The van der Waals surface area contributed by atoms with Crippen molar-refractivity contribution in [2.24, 2.45) is 0 Å². The summed E-state index contributed by atoms with van der Waals surface area (Å²) >= 11 is 6.22. The standard InChI is InChI=1S/C15H26ClN3O/c1-11(10-20-6)19(5)14-7-12(13(16)9-17-14)8-18-15(2,3)4/h7,9,11,18H,8,10H2,1-6H3. The summed E-state index contributed by atoms with van der Waals surface area (Å²) < 4.78 is 5.18. The van der Waals surface area contributed by atoms with Crippen LogP contribution < -0.4 is 10.2 Å². The maximum Gasteiger partial charge on any atom is 0.128 e. The molecule has 4 nitrogen and oxygen atoms in total. The molecule has 0 aliphatic rings. The van der Waals surface area contributed by atoms with E-state index < -0.39 is 0 Å². The second-order valence-electron chi connectivity index (χ2n) is 6.15. The topological polar surface area (TPSA) is 37.4 Å². The van der Waals surface area contributed by atoms with E-state index in [0.29, 0.717) is 11.6 Å². The number of nitrogens with one attached hydrogen (secondary N) is 1. The molecule has 0 bridgehead atoms. The van der Waals surface area contributed by atoms with E-state index in [9.17, 15) is 0 Å². The lowest BCUT2D eigenvalue weighted by atomic mass is 10.1. The van der Waals surface area contributed by atoms with Gasteiger partial charge >= 0.3 is 0 Å². The van der Waals surface area contributed by atoms with Gasteiger partial charge in [-0.25, -0.2) is 4.98 Å². The van der Waals surface area contributed by atoms with Crippen molar-refractivity contribution in [2.75, 3.05) is 25.7 Å². The molecule has 1 aromatic heterocycles. The van der Waals surface area contributed by atoms with Crippen molar-refractivity contribution in [2.45, 2.75) is 45.8 Å². The summed E-state index contributed by atoms with van der Waals surface area (Å²) in [5, 5.41) is 4.14. The molecule has 0 saturated carbocycles. The lowest BCUT2D eigenvalue weighted by molar-refractivity contribution is 0.183. The Morgan fingerprint density at radius 3 is 2.65 bits per heavy atom. The van der Waals surface area contributed by atoms with E-state index in [0.717, 1.165) is 17.9 Å². The summed E-state index contributed by atoms with van der Waals surface area (Å²) in [7, 11) is 3.72. The van der Waals surface area contributed by atoms with Crippen LogP contribution in [0.3, 0.4) is 0 Å². The summed E-state index contributed by atoms with van der Waals surface area (Å²) in [6, 6.07) is 2.30. The quantitative estimate of drug-likeness (QED) is 0.876. The van der Waals surface area contributed by atoms with Gasteiger partial charge in [0.25, 0.3) is 0 Å². The average Bonchev–Trinajstić information content (AvgIpc) is 2.36. The second kappa shape index (κ2) is 7.25. The summed E-state index contributed by atoms with van der Waals surface area (Å²) in [4.78, 5) is 6.49. The number of likely N-dealkylation sites (N-methyl/N-ethyl adjacent to an activating group) is 1. The van der Waals surface area contributed by atoms with E-state index >= 15 is 0 Å². The van der Waals surface area contributed by atoms with Crippen LogP contribution in [0.1, 0.15) is 33.3 Å². The predicted molar refractivity (Wildman–Crippen MR) is 85.6 cm³/mol. The van der Waals surface area contributed by atoms with Gasteiger partial charge in [0.15, 0.2) is 0 Å². The molecule has 0 spiro atoms. The number of hydrogen-bond acceptors (Lipinski definition) is 4. The smallest absolute Gasteiger partial charge is 0.128 e. The minimum atomic E-state index is 0.0575. The highest BCUT2D eigenvalue weighted by atomic mass is 35.5. The van der Waals surface area contributed by atoms with Crippen LogP contribution in [0.4, 0.5) is 5.82 Å². The van der Waals surface area contributed by atoms with Crippen LogP contribution in [0.5, 0.6) is 0 Å². The van der Waals surface area contributed by atoms with Gasteiger partial charge < -0.3 is 15.0 Å². The van der Waals surface area contributed by atoms with E-state index in [1.807, 2.05) is 13.1 Å². The van der Waals surface area contributed by atoms with E-state index in [1.54, 1.807) is 13.3 Å². The van der Waals surface area contributed by atoms with Crippen LogP contribution in [0.2, 0.25) is 5.02 Å². The van der Waals surface area contributed by atoms with Gasteiger partial charge in [-0.3, -0.25) is 0 Å². The SMILES string of the molecule is COCC(C)N(C)c1cc(CNC(C)(C)C)c(Cl)cn1. The Labute approximate surface area is 127 Å². The number of ether oxygens (including phenoxy) is 1. The zero-order chi connectivity index (χ0) is 15.3. The van der Waals surface area contributed by atoms with Gasteiger partial charge in [0.05, 0.1) is 17.7 Å². The molecule has 5 heteroatoms. The van der Waals surface area contributed by atoms with Crippen molar-refractivity contribution in [3.05, 3.63) is 22.8 Å². The van der Waals surface area contributed by atoms with E-state index in [4.69, 9.17) is 16.3 Å². The molecule has 1 N–H and O–H groups in total. The lowest BCUT2D eigenvalue weighted by Gasteiger charge is -2.26. The van der Waals surface area contributed by atoms with Crippen molar-refractivity contribution in [1.29, 1.82) is 0 Å². The van der Waals surface area contributed by atoms with Crippen molar-refractivity contribution in [3.8, 4) is 0 Å². The fourth-order valence-electron chi connectivity index (χ4n) is 1.74. The molecule has 0 aromatic carbocycles. The number of rotatable bonds is 6. The van der Waals surface area contributed by atoms with E-state index in [-0.39, 0.29) is 11.6 Å². The monoisotopic (exact) mass is 299 g/mol. The molecular weight excluding hydrogens is 274 g/mol. The Balaban J connectivity index is 2.85. The number of methoxy groups -OCH3 is 1. The third-order valence-electron chi connectivity index (χ3n) is 3.16. The third kappa shape index (κ3) is 5.27. The summed E-state index contributed by atoms with van der Waals surface area (Å²) in [5.41, 5.74) is 1.12. The molecule has 0 saturated heterocycles. The van der Waals surface area contributed by atoms with Gasteiger partial charge in [0.1, 0.15) is 5.82 Å². The first-order valence-corrected chi connectivity index (χ1v) is 7.23. The van der Waals surface area contributed by atoms with E-state index in [2.05, 4.69) is 42.9 Å². The second-order valence-corrected chi connectivity index (χ2v) is 6.56. The summed E-state index contributed by atoms with van der Waals surface area (Å²) in [6.45, 7) is 9.90. The molecule has 0 amide bonds. The van der Waals surface area contributed by atoms with Crippen molar-refractivity contribution in [3.63, 3.8) is 0 Å². The Morgan fingerprint density at radius 2 is 2.10 bits per heavy atom. The molecule has 0 radical (unpaired) electrons. The van der Waals surface area contributed by atoms with Crippen LogP contribution >= 0.6 is 11.6 Å². The lowest BCUT2D eigenvalue weighted by Crippen LogP contribution is -2.35. The minimum Gasteiger partial charge on any atom is -0.383 e. The maximum absolute atomic E-state index is 6.22. The third-order valence-corrected chi connectivity index (χ3v) is 3.50. The first-order valence-electron chi connectivity index (χ1n) is 6.86. The Kier molecular flexibility index (Phi) is 6.24. The Bertz CT molecular complexity index is 432. The molecule has 114 valence electrons. The van der Waals surface area contributed by atoms with Gasteiger partial charge in [-0.05, 0) is 39.3 Å². The zero-order valence-corrected chi connectivity index (χ0v) is 14.1. The van der Waals surface area contributed by atoms with Crippen molar-refractivity contribution < 1.29 is 4.74 Å². The van der Waals surface area contributed by atoms with Crippen LogP contribution in [-0.2, 0) is 11.3 Å². The van der Waals surface area contributed by atoms with Crippen LogP contribution in [0.15, 0.2) is 12.3 Å². The van der Waals surface area contributed by atoms with Gasteiger partial charge in [0.2, 0.25) is 0 Å². The molecule has 0 aliphatic carbocycles. The molecular formula is C15H26ClN3O. The Morgan fingerprint density at radius 1 is 1.45 bits per heavy atom. The fraction of sp³-hybridized carbons (Fsp3) is 0.667. The first-order chi connectivity index (χ1) is 9.24. The van der Waals surface area contributed by atoms with Gasteiger partial charge in [-0.15, -0.1) is 0 Å². The van der Waals surface area contributed by atoms with Gasteiger partial charge in [0, 0.05) is 32.4 Å².